The third kappa shape index (κ3) is 4.75. The van der Waals surface area contributed by atoms with Gasteiger partial charge in [0.05, 0.1) is 20.3 Å². The van der Waals surface area contributed by atoms with Crippen LogP contribution >= 0.6 is 0 Å². The highest BCUT2D eigenvalue weighted by Crippen LogP contribution is 2.23. The average molecular weight is 390 g/mol. The van der Waals surface area contributed by atoms with Crippen molar-refractivity contribution < 1.29 is 14.3 Å². The van der Waals surface area contributed by atoms with E-state index in [0.717, 1.165) is 60.8 Å². The number of methoxy groups -OCH3 is 1. The summed E-state index contributed by atoms with van der Waals surface area (Å²) in [6.45, 7) is 4.86. The molecule has 4 rings (SSSR count). The van der Waals surface area contributed by atoms with Crippen LogP contribution < -0.4 is 4.74 Å². The van der Waals surface area contributed by atoms with Gasteiger partial charge in [0.25, 0.3) is 0 Å². The molecular weight excluding hydrogens is 364 g/mol. The molecule has 0 bridgehead atoms. The lowest BCUT2D eigenvalue weighted by Crippen LogP contribution is -2.38. The highest BCUT2D eigenvalue weighted by Gasteiger charge is 2.13. The van der Waals surface area contributed by atoms with Crippen LogP contribution in [0, 0.1) is 0 Å². The van der Waals surface area contributed by atoms with Crippen LogP contribution in [0.25, 0.3) is 10.8 Å². The molecule has 1 saturated heterocycles. The Morgan fingerprint density at radius 2 is 1.72 bits per heavy atom. The molecule has 0 aliphatic carbocycles. The molecule has 3 aromatic carbocycles. The molecule has 1 fully saturated rings. The van der Waals surface area contributed by atoms with Crippen molar-refractivity contribution in [3.05, 3.63) is 77.9 Å². The van der Waals surface area contributed by atoms with Gasteiger partial charge in [-0.05, 0) is 35.0 Å². The van der Waals surface area contributed by atoms with Crippen LogP contribution in [0.3, 0.4) is 0 Å². The fourth-order valence-corrected chi connectivity index (χ4v) is 3.54. The molecule has 1 aliphatic heterocycles. The van der Waals surface area contributed by atoms with Crippen molar-refractivity contribution in [2.45, 2.75) is 0 Å². The van der Waals surface area contributed by atoms with E-state index in [4.69, 9.17) is 14.3 Å². The number of morpholine rings is 1. The first kappa shape index (κ1) is 19.4. The zero-order valence-corrected chi connectivity index (χ0v) is 16.7. The van der Waals surface area contributed by atoms with Crippen molar-refractivity contribution in [2.75, 3.05) is 46.6 Å². The number of rotatable bonds is 7. The Labute approximate surface area is 171 Å². The molecule has 29 heavy (non-hydrogen) atoms. The van der Waals surface area contributed by atoms with E-state index in [1.807, 2.05) is 24.3 Å². The molecule has 0 spiro atoms. The van der Waals surface area contributed by atoms with Gasteiger partial charge in [-0.15, -0.1) is 0 Å². The third-order valence-corrected chi connectivity index (χ3v) is 5.17. The Morgan fingerprint density at radius 1 is 0.966 bits per heavy atom. The summed E-state index contributed by atoms with van der Waals surface area (Å²) in [4.78, 5) is 8.12. The predicted molar refractivity (Wildman–Crippen MR) is 116 cm³/mol. The highest BCUT2D eigenvalue weighted by molar-refractivity contribution is 6.19. The van der Waals surface area contributed by atoms with Gasteiger partial charge in [0.1, 0.15) is 18.1 Å². The molecular formula is C24H26N2O3. The summed E-state index contributed by atoms with van der Waals surface area (Å²) in [7, 11) is 1.67. The predicted octanol–water partition coefficient (Wildman–Crippen LogP) is 3.95. The van der Waals surface area contributed by atoms with Crippen molar-refractivity contribution >= 4 is 16.5 Å². The van der Waals surface area contributed by atoms with Crippen LogP contribution in [-0.4, -0.2) is 57.2 Å². The second-order valence-corrected chi connectivity index (χ2v) is 6.98. The van der Waals surface area contributed by atoms with Crippen molar-refractivity contribution in [3.63, 3.8) is 0 Å². The summed E-state index contributed by atoms with van der Waals surface area (Å²) in [6.07, 6.45) is 0. The van der Waals surface area contributed by atoms with E-state index in [1.165, 1.54) is 5.39 Å². The first-order valence-electron chi connectivity index (χ1n) is 9.98. The lowest BCUT2D eigenvalue weighted by molar-refractivity contribution is 0.0212. The number of hydrogen-bond donors (Lipinski definition) is 0. The summed E-state index contributed by atoms with van der Waals surface area (Å²) in [5.41, 5.74) is 2.87. The molecule has 0 saturated carbocycles. The normalized spacial score (nSPS) is 15.4. The van der Waals surface area contributed by atoms with Crippen molar-refractivity contribution in [3.8, 4) is 5.75 Å². The standard InChI is InChI=1S/C24H26N2O3/c1-27-21-11-9-20(10-12-21)24(25-29-18-15-26-13-16-28-17-14-26)23-8-4-6-19-5-2-3-7-22(19)23/h2-12H,13-18H2,1H3/b25-24+. The summed E-state index contributed by atoms with van der Waals surface area (Å²) in [5, 5.41) is 6.91. The lowest BCUT2D eigenvalue weighted by atomic mass is 9.96. The van der Waals surface area contributed by atoms with Crippen LogP contribution in [-0.2, 0) is 9.57 Å². The Bertz CT molecular complexity index is 958. The molecule has 5 nitrogen and oxygen atoms in total. The Balaban J connectivity index is 1.61. The minimum absolute atomic E-state index is 0.546. The van der Waals surface area contributed by atoms with E-state index in [9.17, 15) is 0 Å². The summed E-state index contributed by atoms with van der Waals surface area (Å²) >= 11 is 0. The SMILES string of the molecule is COc1ccc(/C(=N\OCCN2CCOCC2)c2cccc3ccccc23)cc1. The van der Waals surface area contributed by atoms with Crippen LogP contribution in [0.2, 0.25) is 0 Å². The number of fused-ring (bicyclic) bond motifs is 1. The molecule has 1 heterocycles. The minimum Gasteiger partial charge on any atom is -0.497 e. The van der Waals surface area contributed by atoms with Crippen LogP contribution in [0.1, 0.15) is 11.1 Å². The maximum atomic E-state index is 5.79. The van der Waals surface area contributed by atoms with Gasteiger partial charge in [0, 0.05) is 30.8 Å². The molecule has 1 aliphatic rings. The quantitative estimate of drug-likeness (QED) is 0.348. The summed E-state index contributed by atoms with van der Waals surface area (Å²) in [6, 6.07) is 22.5. The van der Waals surface area contributed by atoms with Gasteiger partial charge in [-0.1, -0.05) is 47.6 Å². The van der Waals surface area contributed by atoms with Crippen LogP contribution in [0.4, 0.5) is 0 Å². The molecule has 3 aromatic rings. The second kappa shape index (κ2) is 9.54. The monoisotopic (exact) mass is 390 g/mol. The van der Waals surface area contributed by atoms with E-state index in [1.54, 1.807) is 7.11 Å². The molecule has 0 N–H and O–H groups in total. The van der Waals surface area contributed by atoms with Gasteiger partial charge in [-0.25, -0.2) is 0 Å². The fourth-order valence-electron chi connectivity index (χ4n) is 3.54. The summed E-state index contributed by atoms with van der Waals surface area (Å²) < 4.78 is 10.7. The molecule has 150 valence electrons. The second-order valence-electron chi connectivity index (χ2n) is 6.98. The number of hydrogen-bond acceptors (Lipinski definition) is 5. The van der Waals surface area contributed by atoms with Gasteiger partial charge >= 0.3 is 0 Å². The molecule has 0 radical (unpaired) electrons. The lowest BCUT2D eigenvalue weighted by Gasteiger charge is -2.25. The molecule has 0 amide bonds. The number of nitrogens with zero attached hydrogens (tertiary/aromatic N) is 2. The third-order valence-electron chi connectivity index (χ3n) is 5.17. The molecule has 0 atom stereocenters. The number of benzene rings is 3. The first-order chi connectivity index (χ1) is 14.3. The van der Waals surface area contributed by atoms with Crippen molar-refractivity contribution in [2.24, 2.45) is 5.16 Å². The smallest absolute Gasteiger partial charge is 0.129 e. The minimum atomic E-state index is 0.546. The van der Waals surface area contributed by atoms with E-state index < -0.39 is 0 Å². The van der Waals surface area contributed by atoms with E-state index in [-0.39, 0.29) is 0 Å². The zero-order chi connectivity index (χ0) is 19.9. The van der Waals surface area contributed by atoms with Crippen LogP contribution in [0.5, 0.6) is 5.75 Å². The maximum absolute atomic E-state index is 5.79. The van der Waals surface area contributed by atoms with Crippen molar-refractivity contribution in [1.82, 2.24) is 4.90 Å². The topological polar surface area (TPSA) is 43.3 Å². The Hall–Kier alpha value is -2.89. The fraction of sp³-hybridized carbons (Fsp3) is 0.292. The van der Waals surface area contributed by atoms with Gasteiger partial charge in [-0.3, -0.25) is 4.90 Å². The van der Waals surface area contributed by atoms with Gasteiger partial charge in [-0.2, -0.15) is 0 Å². The summed E-state index contributed by atoms with van der Waals surface area (Å²) in [5.74, 6) is 0.819. The maximum Gasteiger partial charge on any atom is 0.129 e. The molecule has 0 aromatic heterocycles. The van der Waals surface area contributed by atoms with E-state index >= 15 is 0 Å². The Morgan fingerprint density at radius 3 is 2.52 bits per heavy atom. The van der Waals surface area contributed by atoms with E-state index in [0.29, 0.717) is 6.61 Å². The molecule has 5 heteroatoms. The van der Waals surface area contributed by atoms with Gasteiger partial charge in [0.2, 0.25) is 0 Å². The molecule has 0 unspecified atom stereocenters. The Kier molecular flexibility index (Phi) is 6.39. The van der Waals surface area contributed by atoms with Crippen LogP contribution in [0.15, 0.2) is 71.9 Å². The average Bonchev–Trinajstić information content (AvgIpc) is 2.80. The highest BCUT2D eigenvalue weighted by atomic mass is 16.6. The van der Waals surface area contributed by atoms with Gasteiger partial charge in [0.15, 0.2) is 0 Å². The van der Waals surface area contributed by atoms with Crippen molar-refractivity contribution in [1.29, 1.82) is 0 Å². The number of oxime groups is 1. The largest absolute Gasteiger partial charge is 0.497 e. The van der Waals surface area contributed by atoms with Gasteiger partial charge < -0.3 is 14.3 Å². The zero-order valence-electron chi connectivity index (χ0n) is 16.7. The van der Waals surface area contributed by atoms with E-state index in [2.05, 4.69) is 52.5 Å². The first-order valence-corrected chi connectivity index (χ1v) is 9.98. The number of ether oxygens (including phenoxy) is 2.